The number of guanidine groups is 1. The number of nitrogens with zero attached hydrogens (tertiary/aromatic N) is 1. The van der Waals surface area contributed by atoms with Gasteiger partial charge in [0.2, 0.25) is 12.7 Å². The van der Waals surface area contributed by atoms with Crippen molar-refractivity contribution in [1.29, 1.82) is 0 Å². The maximum Gasteiger partial charge on any atom is 0.387 e. The number of rotatable bonds is 8. The molecule has 0 atom stereocenters. The molecule has 0 aliphatic carbocycles. The standard InChI is InChI=1S/C20H21F3N4O4/c1-2-24-20(26-10-18(28)27-14-5-3-4-13(21)7-14)25-9-12-6-16-17(30-11-29-16)8-15(12)31-19(22)23/h3-8,19H,2,9-11H2,1H3,(H,27,28)(H2,24,25,26). The van der Waals surface area contributed by atoms with Gasteiger partial charge < -0.3 is 30.2 Å². The Kier molecular flexibility index (Phi) is 7.41. The highest BCUT2D eigenvalue weighted by molar-refractivity contribution is 5.95. The van der Waals surface area contributed by atoms with E-state index in [0.717, 1.165) is 0 Å². The van der Waals surface area contributed by atoms with Gasteiger partial charge in [-0.3, -0.25) is 4.79 Å². The molecule has 0 aromatic heterocycles. The van der Waals surface area contributed by atoms with Crippen LogP contribution in [-0.2, 0) is 11.3 Å². The Labute approximate surface area is 176 Å². The Morgan fingerprint density at radius 1 is 1.19 bits per heavy atom. The summed E-state index contributed by atoms with van der Waals surface area (Å²) in [6.07, 6.45) is 0. The first-order chi connectivity index (χ1) is 14.9. The summed E-state index contributed by atoms with van der Waals surface area (Å²) in [7, 11) is 0. The molecular formula is C20H21F3N4O4. The molecule has 31 heavy (non-hydrogen) atoms. The van der Waals surface area contributed by atoms with E-state index in [1.165, 1.54) is 30.3 Å². The molecule has 3 rings (SSSR count). The fourth-order valence-electron chi connectivity index (χ4n) is 2.74. The predicted molar refractivity (Wildman–Crippen MR) is 107 cm³/mol. The van der Waals surface area contributed by atoms with Crippen molar-refractivity contribution in [2.45, 2.75) is 20.1 Å². The van der Waals surface area contributed by atoms with Crippen LogP contribution in [0.4, 0.5) is 18.9 Å². The predicted octanol–water partition coefficient (Wildman–Crippen LogP) is 2.85. The first-order valence-electron chi connectivity index (χ1n) is 9.39. The maximum absolute atomic E-state index is 13.2. The molecule has 166 valence electrons. The van der Waals surface area contributed by atoms with Crippen LogP contribution in [0.1, 0.15) is 12.5 Å². The van der Waals surface area contributed by atoms with E-state index in [0.29, 0.717) is 29.3 Å². The van der Waals surface area contributed by atoms with Crippen molar-refractivity contribution in [3.63, 3.8) is 0 Å². The summed E-state index contributed by atoms with van der Waals surface area (Å²) in [4.78, 5) is 16.4. The number of aliphatic imine (C=N–C) groups is 1. The van der Waals surface area contributed by atoms with E-state index in [1.54, 1.807) is 6.07 Å². The fraction of sp³-hybridized carbons (Fsp3) is 0.300. The van der Waals surface area contributed by atoms with Gasteiger partial charge in [-0.05, 0) is 31.2 Å². The highest BCUT2D eigenvalue weighted by atomic mass is 19.3. The quantitative estimate of drug-likeness (QED) is 0.434. The Morgan fingerprint density at radius 2 is 1.97 bits per heavy atom. The van der Waals surface area contributed by atoms with E-state index < -0.39 is 18.3 Å². The normalized spacial score (nSPS) is 12.6. The second-order valence-electron chi connectivity index (χ2n) is 6.30. The van der Waals surface area contributed by atoms with Crippen molar-refractivity contribution in [2.75, 3.05) is 25.2 Å². The maximum atomic E-state index is 13.2. The summed E-state index contributed by atoms with van der Waals surface area (Å²) in [5.41, 5.74) is 0.675. The van der Waals surface area contributed by atoms with E-state index >= 15 is 0 Å². The number of halogens is 3. The molecule has 2 aromatic rings. The van der Waals surface area contributed by atoms with Crippen LogP contribution >= 0.6 is 0 Å². The molecule has 0 saturated heterocycles. The number of alkyl halides is 2. The number of amides is 1. The highest BCUT2D eigenvalue weighted by Crippen LogP contribution is 2.39. The van der Waals surface area contributed by atoms with Gasteiger partial charge in [0, 0.05) is 23.9 Å². The van der Waals surface area contributed by atoms with Gasteiger partial charge in [-0.1, -0.05) is 6.07 Å². The number of nitrogens with one attached hydrogen (secondary N) is 3. The van der Waals surface area contributed by atoms with Crippen molar-refractivity contribution >= 4 is 17.6 Å². The van der Waals surface area contributed by atoms with Gasteiger partial charge in [0.25, 0.3) is 0 Å². The van der Waals surface area contributed by atoms with Crippen LogP contribution in [0.15, 0.2) is 41.4 Å². The Balaban J connectivity index is 1.66. The van der Waals surface area contributed by atoms with Gasteiger partial charge in [0.1, 0.15) is 11.6 Å². The van der Waals surface area contributed by atoms with E-state index in [1.807, 2.05) is 6.92 Å². The van der Waals surface area contributed by atoms with Crippen molar-refractivity contribution in [2.24, 2.45) is 4.99 Å². The lowest BCUT2D eigenvalue weighted by atomic mass is 10.1. The highest BCUT2D eigenvalue weighted by Gasteiger charge is 2.20. The Hall–Kier alpha value is -3.63. The third-order valence-electron chi connectivity index (χ3n) is 4.05. The van der Waals surface area contributed by atoms with E-state index in [4.69, 9.17) is 9.47 Å². The van der Waals surface area contributed by atoms with E-state index in [2.05, 4.69) is 25.7 Å². The average Bonchev–Trinajstić information content (AvgIpc) is 3.16. The smallest absolute Gasteiger partial charge is 0.387 e. The minimum atomic E-state index is -3.01. The molecule has 1 aliphatic rings. The van der Waals surface area contributed by atoms with Crippen molar-refractivity contribution in [3.05, 3.63) is 47.8 Å². The second kappa shape index (κ2) is 10.4. The summed E-state index contributed by atoms with van der Waals surface area (Å²) in [5, 5.41) is 8.33. The lowest BCUT2D eigenvalue weighted by Gasteiger charge is -2.13. The molecular weight excluding hydrogens is 417 g/mol. The molecule has 11 heteroatoms. The largest absolute Gasteiger partial charge is 0.454 e. The van der Waals surface area contributed by atoms with Crippen LogP contribution < -0.4 is 30.2 Å². The summed E-state index contributed by atoms with van der Waals surface area (Å²) in [6.45, 7) is -0.875. The van der Waals surface area contributed by atoms with Gasteiger partial charge in [0.05, 0.1) is 13.1 Å². The Bertz CT molecular complexity index is 956. The zero-order chi connectivity index (χ0) is 22.2. The third-order valence-corrected chi connectivity index (χ3v) is 4.05. The number of carbonyl (C=O) groups is 1. The molecule has 1 aliphatic heterocycles. The van der Waals surface area contributed by atoms with E-state index in [-0.39, 0.29) is 31.6 Å². The van der Waals surface area contributed by atoms with Gasteiger partial charge in [0.15, 0.2) is 17.5 Å². The van der Waals surface area contributed by atoms with Crippen LogP contribution in [0.3, 0.4) is 0 Å². The second-order valence-corrected chi connectivity index (χ2v) is 6.30. The third kappa shape index (κ3) is 6.43. The molecule has 0 bridgehead atoms. The molecule has 0 radical (unpaired) electrons. The Morgan fingerprint density at radius 3 is 2.68 bits per heavy atom. The average molecular weight is 438 g/mol. The van der Waals surface area contributed by atoms with Crippen molar-refractivity contribution in [3.8, 4) is 17.2 Å². The molecule has 0 saturated carbocycles. The minimum Gasteiger partial charge on any atom is -0.454 e. The van der Waals surface area contributed by atoms with E-state index in [9.17, 15) is 18.0 Å². The molecule has 0 fully saturated rings. The summed E-state index contributed by atoms with van der Waals surface area (Å²) in [6, 6.07) is 8.35. The number of carbonyl (C=O) groups excluding carboxylic acids is 1. The van der Waals surface area contributed by atoms with Gasteiger partial charge >= 0.3 is 6.61 Å². The summed E-state index contributed by atoms with van der Waals surface area (Å²) < 4.78 is 53.8. The number of fused-ring (bicyclic) bond motifs is 1. The molecule has 0 spiro atoms. The first-order valence-corrected chi connectivity index (χ1v) is 9.39. The number of hydrogen-bond donors (Lipinski definition) is 3. The van der Waals surface area contributed by atoms with Crippen molar-refractivity contribution < 1.29 is 32.2 Å². The van der Waals surface area contributed by atoms with Gasteiger partial charge in [-0.25, -0.2) is 9.38 Å². The topological polar surface area (TPSA) is 93.2 Å². The van der Waals surface area contributed by atoms with Crippen molar-refractivity contribution in [1.82, 2.24) is 10.6 Å². The molecule has 1 amide bonds. The van der Waals surface area contributed by atoms with Gasteiger partial charge in [-0.2, -0.15) is 8.78 Å². The number of ether oxygens (including phenoxy) is 3. The number of benzene rings is 2. The molecule has 8 nitrogen and oxygen atoms in total. The molecule has 0 unspecified atom stereocenters. The first kappa shape index (κ1) is 22.1. The lowest BCUT2D eigenvalue weighted by molar-refractivity contribution is -0.115. The monoisotopic (exact) mass is 438 g/mol. The zero-order valence-electron chi connectivity index (χ0n) is 16.6. The minimum absolute atomic E-state index is 0.0131. The van der Waals surface area contributed by atoms with Crippen LogP contribution in [0.2, 0.25) is 0 Å². The summed E-state index contributed by atoms with van der Waals surface area (Å²) in [5.74, 6) is 0.0224. The fourth-order valence-corrected chi connectivity index (χ4v) is 2.74. The van der Waals surface area contributed by atoms with Crippen LogP contribution in [0.25, 0.3) is 0 Å². The molecule has 1 heterocycles. The molecule has 2 aromatic carbocycles. The van der Waals surface area contributed by atoms with Crippen LogP contribution in [0.5, 0.6) is 17.2 Å². The SMILES string of the molecule is CCNC(=NCc1cc2c(cc1OC(F)F)OCO2)NCC(=O)Nc1cccc(F)c1. The number of hydrogen-bond acceptors (Lipinski definition) is 5. The zero-order valence-corrected chi connectivity index (χ0v) is 16.6. The summed E-state index contributed by atoms with van der Waals surface area (Å²) >= 11 is 0. The lowest BCUT2D eigenvalue weighted by Crippen LogP contribution is -2.41. The molecule has 3 N–H and O–H groups in total. The van der Waals surface area contributed by atoms with Crippen LogP contribution in [-0.4, -0.2) is 38.4 Å². The van der Waals surface area contributed by atoms with Gasteiger partial charge in [-0.15, -0.1) is 0 Å². The number of anilines is 1. The van der Waals surface area contributed by atoms with Crippen LogP contribution in [0, 0.1) is 5.82 Å².